The van der Waals surface area contributed by atoms with Crippen LogP contribution in [0, 0.1) is 0 Å². The smallest absolute Gasteiger partial charge is 0.404 e. The summed E-state index contributed by atoms with van der Waals surface area (Å²) in [5, 5.41) is 0. The zero-order chi connectivity index (χ0) is 10.3. The van der Waals surface area contributed by atoms with E-state index in [0.717, 1.165) is 6.08 Å². The van der Waals surface area contributed by atoms with Crippen molar-refractivity contribution in [2.45, 2.75) is 19.4 Å². The molecule has 0 aliphatic carbocycles. The number of rotatable bonds is 5. The van der Waals surface area contributed by atoms with Crippen LogP contribution in [0.25, 0.3) is 0 Å². The SMILES string of the molecule is C=CC(=O)OCC(CC)OC(N)=O. The van der Waals surface area contributed by atoms with E-state index in [1.54, 1.807) is 6.92 Å². The van der Waals surface area contributed by atoms with Crippen molar-refractivity contribution in [3.8, 4) is 0 Å². The van der Waals surface area contributed by atoms with Crippen LogP contribution in [0.2, 0.25) is 0 Å². The molecule has 0 aliphatic rings. The fraction of sp³-hybridized carbons (Fsp3) is 0.500. The van der Waals surface area contributed by atoms with Crippen LogP contribution in [0.4, 0.5) is 4.79 Å². The van der Waals surface area contributed by atoms with E-state index in [1.165, 1.54) is 0 Å². The monoisotopic (exact) mass is 187 g/mol. The molecule has 0 radical (unpaired) electrons. The number of esters is 1. The lowest BCUT2D eigenvalue weighted by molar-refractivity contribution is -0.140. The van der Waals surface area contributed by atoms with Crippen molar-refractivity contribution in [2.24, 2.45) is 5.73 Å². The summed E-state index contributed by atoms with van der Waals surface area (Å²) < 4.78 is 9.28. The van der Waals surface area contributed by atoms with Gasteiger partial charge in [-0.15, -0.1) is 0 Å². The molecule has 0 aromatic heterocycles. The molecule has 5 heteroatoms. The Morgan fingerprint density at radius 2 is 2.23 bits per heavy atom. The minimum atomic E-state index is -0.874. The van der Waals surface area contributed by atoms with Crippen LogP contribution in [0.15, 0.2) is 12.7 Å². The van der Waals surface area contributed by atoms with E-state index in [1.807, 2.05) is 0 Å². The van der Waals surface area contributed by atoms with Gasteiger partial charge >= 0.3 is 12.1 Å². The van der Waals surface area contributed by atoms with Gasteiger partial charge in [0.2, 0.25) is 0 Å². The molecule has 13 heavy (non-hydrogen) atoms. The summed E-state index contributed by atoms with van der Waals surface area (Å²) in [4.78, 5) is 20.9. The highest BCUT2D eigenvalue weighted by atomic mass is 16.6. The zero-order valence-corrected chi connectivity index (χ0v) is 7.49. The molecule has 5 nitrogen and oxygen atoms in total. The maximum absolute atomic E-state index is 10.6. The van der Waals surface area contributed by atoms with Crippen molar-refractivity contribution in [3.05, 3.63) is 12.7 Å². The minimum absolute atomic E-state index is 0.00426. The lowest BCUT2D eigenvalue weighted by Crippen LogP contribution is -2.27. The summed E-state index contributed by atoms with van der Waals surface area (Å²) in [6.07, 6.45) is 0.215. The molecule has 74 valence electrons. The fourth-order valence-electron chi connectivity index (χ4n) is 0.633. The molecule has 0 aliphatic heterocycles. The maximum atomic E-state index is 10.6. The Kier molecular flexibility index (Phi) is 5.34. The van der Waals surface area contributed by atoms with E-state index in [-0.39, 0.29) is 6.61 Å². The molecule has 0 aromatic carbocycles. The second kappa shape index (κ2) is 6.05. The van der Waals surface area contributed by atoms with E-state index < -0.39 is 18.2 Å². The Balaban J connectivity index is 3.77. The topological polar surface area (TPSA) is 78.6 Å². The van der Waals surface area contributed by atoms with E-state index >= 15 is 0 Å². The highest BCUT2D eigenvalue weighted by Gasteiger charge is 2.11. The van der Waals surface area contributed by atoms with Gasteiger partial charge in [0, 0.05) is 6.08 Å². The lowest BCUT2D eigenvalue weighted by Gasteiger charge is -2.13. The second-order valence-electron chi connectivity index (χ2n) is 2.30. The molecule has 2 N–H and O–H groups in total. The van der Waals surface area contributed by atoms with Crippen molar-refractivity contribution in [1.29, 1.82) is 0 Å². The summed E-state index contributed by atoms with van der Waals surface area (Å²) in [7, 11) is 0. The number of hydrogen-bond donors (Lipinski definition) is 1. The fourth-order valence-corrected chi connectivity index (χ4v) is 0.633. The van der Waals surface area contributed by atoms with Crippen molar-refractivity contribution < 1.29 is 19.1 Å². The summed E-state index contributed by atoms with van der Waals surface area (Å²) in [6, 6.07) is 0. The molecule has 0 spiro atoms. The molecule has 0 saturated carbocycles. The average Bonchev–Trinajstić information content (AvgIpc) is 2.10. The standard InChI is InChI=1S/C8H13NO4/c1-3-6(13-8(9)11)5-12-7(10)4-2/h4,6H,2-3,5H2,1H3,(H2,9,11). The van der Waals surface area contributed by atoms with E-state index in [2.05, 4.69) is 16.1 Å². The largest absolute Gasteiger partial charge is 0.459 e. The zero-order valence-electron chi connectivity index (χ0n) is 7.49. The predicted octanol–water partition coefficient (Wildman–Crippen LogP) is 0.590. The molecule has 1 unspecified atom stereocenters. The van der Waals surface area contributed by atoms with E-state index in [9.17, 15) is 9.59 Å². The van der Waals surface area contributed by atoms with Gasteiger partial charge in [-0.25, -0.2) is 9.59 Å². The van der Waals surface area contributed by atoms with Crippen LogP contribution in [0.3, 0.4) is 0 Å². The van der Waals surface area contributed by atoms with Crippen molar-refractivity contribution >= 4 is 12.1 Å². The van der Waals surface area contributed by atoms with Crippen molar-refractivity contribution in [2.75, 3.05) is 6.61 Å². The average molecular weight is 187 g/mol. The Bertz CT molecular complexity index is 202. The molecule has 0 rings (SSSR count). The first-order valence-corrected chi connectivity index (χ1v) is 3.85. The van der Waals surface area contributed by atoms with Crippen molar-refractivity contribution in [1.82, 2.24) is 0 Å². The van der Waals surface area contributed by atoms with Gasteiger partial charge < -0.3 is 15.2 Å². The number of carbonyl (C=O) groups is 2. The Morgan fingerprint density at radius 3 is 2.62 bits per heavy atom. The molecule has 1 atom stereocenters. The van der Waals surface area contributed by atoms with Crippen molar-refractivity contribution in [3.63, 3.8) is 0 Å². The molecular weight excluding hydrogens is 174 g/mol. The third-order valence-corrected chi connectivity index (χ3v) is 1.32. The van der Waals surface area contributed by atoms with Gasteiger partial charge in [-0.1, -0.05) is 13.5 Å². The molecule has 1 amide bonds. The van der Waals surface area contributed by atoms with E-state index in [0.29, 0.717) is 6.42 Å². The summed E-state index contributed by atoms with van der Waals surface area (Å²) >= 11 is 0. The van der Waals surface area contributed by atoms with Crippen LogP contribution in [-0.4, -0.2) is 24.8 Å². The summed E-state index contributed by atoms with van der Waals surface area (Å²) in [5.41, 5.74) is 4.79. The van der Waals surface area contributed by atoms with Gasteiger partial charge in [0.1, 0.15) is 12.7 Å². The summed E-state index contributed by atoms with van der Waals surface area (Å²) in [5.74, 6) is -0.550. The van der Waals surface area contributed by atoms with Crippen LogP contribution in [-0.2, 0) is 14.3 Å². The van der Waals surface area contributed by atoms with Crippen LogP contribution in [0.5, 0.6) is 0 Å². The molecule has 0 saturated heterocycles. The lowest BCUT2D eigenvalue weighted by atomic mass is 10.3. The molecule has 0 fully saturated rings. The minimum Gasteiger partial charge on any atom is -0.459 e. The number of ether oxygens (including phenoxy) is 2. The second-order valence-corrected chi connectivity index (χ2v) is 2.30. The third kappa shape index (κ3) is 5.72. The van der Waals surface area contributed by atoms with Gasteiger partial charge in [0.25, 0.3) is 0 Å². The van der Waals surface area contributed by atoms with Gasteiger partial charge in [-0.05, 0) is 6.42 Å². The molecule has 0 aromatic rings. The Morgan fingerprint density at radius 1 is 1.62 bits per heavy atom. The van der Waals surface area contributed by atoms with Gasteiger partial charge in [0.05, 0.1) is 0 Å². The number of primary amides is 1. The first-order valence-electron chi connectivity index (χ1n) is 3.85. The molecule has 0 heterocycles. The van der Waals surface area contributed by atoms with E-state index in [4.69, 9.17) is 5.73 Å². The number of amides is 1. The normalized spacial score (nSPS) is 11.5. The Hall–Kier alpha value is -1.52. The number of nitrogens with two attached hydrogens (primary N) is 1. The Labute approximate surface area is 76.5 Å². The van der Waals surface area contributed by atoms with Gasteiger partial charge in [-0.2, -0.15) is 0 Å². The first-order chi connectivity index (χ1) is 6.10. The van der Waals surface area contributed by atoms with Gasteiger partial charge in [-0.3, -0.25) is 0 Å². The highest BCUT2D eigenvalue weighted by molar-refractivity contribution is 5.81. The van der Waals surface area contributed by atoms with Crippen LogP contribution in [0.1, 0.15) is 13.3 Å². The number of hydrogen-bond acceptors (Lipinski definition) is 4. The predicted molar refractivity (Wildman–Crippen MR) is 45.9 cm³/mol. The number of carbonyl (C=O) groups excluding carboxylic acids is 2. The van der Waals surface area contributed by atoms with Gasteiger partial charge in [0.15, 0.2) is 0 Å². The van der Waals surface area contributed by atoms with Crippen LogP contribution >= 0.6 is 0 Å². The molecular formula is C8H13NO4. The summed E-state index contributed by atoms with van der Waals surface area (Å²) in [6.45, 7) is 5.01. The van der Waals surface area contributed by atoms with Crippen LogP contribution < -0.4 is 5.73 Å². The quantitative estimate of drug-likeness (QED) is 0.504. The maximum Gasteiger partial charge on any atom is 0.404 e. The molecule has 0 bridgehead atoms. The third-order valence-electron chi connectivity index (χ3n) is 1.32. The first kappa shape index (κ1) is 11.5. The highest BCUT2D eigenvalue weighted by Crippen LogP contribution is 1.98.